The zero-order valence-corrected chi connectivity index (χ0v) is 11.3. The third-order valence-corrected chi connectivity index (χ3v) is 3.71. The number of hydrogen-bond acceptors (Lipinski definition) is 2. The summed E-state index contributed by atoms with van der Waals surface area (Å²) >= 11 is 0. The lowest BCUT2D eigenvalue weighted by molar-refractivity contribution is 0.0208. The Labute approximate surface area is 106 Å². The van der Waals surface area contributed by atoms with Gasteiger partial charge in [0.1, 0.15) is 0 Å². The van der Waals surface area contributed by atoms with Crippen molar-refractivity contribution in [3.05, 3.63) is 0 Å². The average molecular weight is 237 g/mol. The molecule has 0 aromatic heterocycles. The van der Waals surface area contributed by atoms with Crippen LogP contribution in [0.2, 0.25) is 0 Å². The van der Waals surface area contributed by atoms with Crippen molar-refractivity contribution < 1.29 is 4.74 Å². The minimum Gasteiger partial charge on any atom is -0.378 e. The van der Waals surface area contributed by atoms with E-state index in [0.717, 1.165) is 32.3 Å². The maximum absolute atomic E-state index is 8.80. The van der Waals surface area contributed by atoms with Gasteiger partial charge in [-0.15, -0.1) is 0 Å². The molecule has 1 aliphatic rings. The third kappa shape index (κ3) is 6.68. The Morgan fingerprint density at radius 2 is 1.65 bits per heavy atom. The van der Waals surface area contributed by atoms with Crippen LogP contribution < -0.4 is 0 Å². The molecular formula is C15H27NO. The standard InChI is InChI=1S/C15H27NO/c1-2-3-4-5-6-7-12-17-15-10-8-14(13-16)9-11-15/h14-15H,2-12H2,1H3. The maximum Gasteiger partial charge on any atom is 0.0655 e. The summed E-state index contributed by atoms with van der Waals surface area (Å²) in [5.41, 5.74) is 0. The van der Waals surface area contributed by atoms with E-state index >= 15 is 0 Å². The second kappa shape index (κ2) is 9.48. The highest BCUT2D eigenvalue weighted by Crippen LogP contribution is 2.25. The minimum absolute atomic E-state index is 0.295. The summed E-state index contributed by atoms with van der Waals surface area (Å²) in [6, 6.07) is 2.36. The van der Waals surface area contributed by atoms with Crippen LogP contribution in [0, 0.1) is 17.2 Å². The second-order valence-electron chi connectivity index (χ2n) is 5.24. The van der Waals surface area contributed by atoms with E-state index < -0.39 is 0 Å². The van der Waals surface area contributed by atoms with Crippen molar-refractivity contribution in [2.24, 2.45) is 5.92 Å². The molecule has 0 unspecified atom stereocenters. The van der Waals surface area contributed by atoms with Crippen LogP contribution in [0.25, 0.3) is 0 Å². The van der Waals surface area contributed by atoms with Crippen LogP contribution in [0.3, 0.4) is 0 Å². The molecule has 0 radical (unpaired) electrons. The van der Waals surface area contributed by atoms with Gasteiger partial charge in [0.15, 0.2) is 0 Å². The van der Waals surface area contributed by atoms with E-state index in [9.17, 15) is 0 Å². The van der Waals surface area contributed by atoms with Gasteiger partial charge in [0.05, 0.1) is 12.2 Å². The van der Waals surface area contributed by atoms with Crippen LogP contribution in [0.1, 0.15) is 71.1 Å². The molecule has 1 rings (SSSR count). The molecular weight excluding hydrogens is 210 g/mol. The Bertz CT molecular complexity index is 213. The SMILES string of the molecule is CCCCCCCCOC1CCC(C#N)CC1. The molecule has 0 heterocycles. The summed E-state index contributed by atoms with van der Waals surface area (Å²) in [6.45, 7) is 3.18. The van der Waals surface area contributed by atoms with Gasteiger partial charge in [-0.25, -0.2) is 0 Å². The normalized spacial score (nSPS) is 24.5. The van der Waals surface area contributed by atoms with Gasteiger partial charge in [-0.3, -0.25) is 0 Å². The number of hydrogen-bond donors (Lipinski definition) is 0. The number of nitrogens with zero attached hydrogens (tertiary/aromatic N) is 1. The van der Waals surface area contributed by atoms with Gasteiger partial charge in [0, 0.05) is 12.5 Å². The minimum atomic E-state index is 0.295. The Hall–Kier alpha value is -0.550. The predicted molar refractivity (Wildman–Crippen MR) is 70.7 cm³/mol. The van der Waals surface area contributed by atoms with Crippen LogP contribution in [0.5, 0.6) is 0 Å². The number of ether oxygens (including phenoxy) is 1. The molecule has 98 valence electrons. The van der Waals surface area contributed by atoms with E-state index in [2.05, 4.69) is 13.0 Å². The van der Waals surface area contributed by atoms with Gasteiger partial charge < -0.3 is 4.74 Å². The van der Waals surface area contributed by atoms with E-state index in [4.69, 9.17) is 10.00 Å². The predicted octanol–water partition coefficient (Wildman–Crippen LogP) is 4.45. The van der Waals surface area contributed by atoms with Crippen LogP contribution >= 0.6 is 0 Å². The zero-order valence-electron chi connectivity index (χ0n) is 11.3. The highest BCUT2D eigenvalue weighted by atomic mass is 16.5. The molecule has 2 heteroatoms. The first-order chi connectivity index (χ1) is 8.36. The van der Waals surface area contributed by atoms with Crippen LogP contribution in [-0.2, 0) is 4.74 Å². The van der Waals surface area contributed by atoms with Crippen LogP contribution in [0.15, 0.2) is 0 Å². The maximum atomic E-state index is 8.80. The van der Waals surface area contributed by atoms with Crippen molar-refractivity contribution in [1.29, 1.82) is 5.26 Å². The fourth-order valence-corrected chi connectivity index (χ4v) is 2.49. The van der Waals surface area contributed by atoms with Gasteiger partial charge in [-0.05, 0) is 32.1 Å². The average Bonchev–Trinajstić information content (AvgIpc) is 2.38. The van der Waals surface area contributed by atoms with Crippen molar-refractivity contribution in [1.82, 2.24) is 0 Å². The fraction of sp³-hybridized carbons (Fsp3) is 0.933. The van der Waals surface area contributed by atoms with Crippen molar-refractivity contribution >= 4 is 0 Å². The smallest absolute Gasteiger partial charge is 0.0655 e. The summed E-state index contributed by atoms with van der Waals surface area (Å²) in [4.78, 5) is 0. The van der Waals surface area contributed by atoms with E-state index in [1.165, 1.54) is 38.5 Å². The van der Waals surface area contributed by atoms with E-state index in [0.29, 0.717) is 12.0 Å². The van der Waals surface area contributed by atoms with E-state index in [1.807, 2.05) is 0 Å². The van der Waals surface area contributed by atoms with Gasteiger partial charge in [-0.2, -0.15) is 5.26 Å². The largest absolute Gasteiger partial charge is 0.378 e. The van der Waals surface area contributed by atoms with Crippen LogP contribution in [0.4, 0.5) is 0 Å². The molecule has 17 heavy (non-hydrogen) atoms. The molecule has 2 nitrogen and oxygen atoms in total. The zero-order chi connectivity index (χ0) is 12.3. The molecule has 1 aliphatic carbocycles. The molecule has 0 aromatic rings. The second-order valence-corrected chi connectivity index (χ2v) is 5.24. The monoisotopic (exact) mass is 237 g/mol. The first-order valence-corrected chi connectivity index (χ1v) is 7.38. The first-order valence-electron chi connectivity index (χ1n) is 7.38. The summed E-state index contributed by atoms with van der Waals surface area (Å²) in [7, 11) is 0. The Morgan fingerprint density at radius 1 is 1.00 bits per heavy atom. The molecule has 0 saturated heterocycles. The fourth-order valence-electron chi connectivity index (χ4n) is 2.49. The number of nitriles is 1. The summed E-state index contributed by atoms with van der Waals surface area (Å²) in [5.74, 6) is 0.295. The Kier molecular flexibility index (Phi) is 8.09. The van der Waals surface area contributed by atoms with Gasteiger partial charge in [0.25, 0.3) is 0 Å². The number of rotatable bonds is 8. The lowest BCUT2D eigenvalue weighted by atomic mass is 9.88. The molecule has 0 atom stereocenters. The summed E-state index contributed by atoms with van der Waals surface area (Å²) < 4.78 is 5.87. The van der Waals surface area contributed by atoms with Crippen LogP contribution in [-0.4, -0.2) is 12.7 Å². The molecule has 0 aliphatic heterocycles. The Balaban J connectivity index is 1.89. The summed E-state index contributed by atoms with van der Waals surface area (Å²) in [6.07, 6.45) is 12.7. The first kappa shape index (κ1) is 14.5. The highest BCUT2D eigenvalue weighted by Gasteiger charge is 2.20. The molecule has 0 spiro atoms. The third-order valence-electron chi connectivity index (χ3n) is 3.71. The number of unbranched alkanes of at least 4 members (excludes halogenated alkanes) is 5. The molecule has 0 amide bonds. The van der Waals surface area contributed by atoms with Gasteiger partial charge in [0.2, 0.25) is 0 Å². The van der Waals surface area contributed by atoms with Crippen molar-refractivity contribution in [3.63, 3.8) is 0 Å². The topological polar surface area (TPSA) is 33.0 Å². The van der Waals surface area contributed by atoms with Crippen molar-refractivity contribution in [2.75, 3.05) is 6.61 Å². The van der Waals surface area contributed by atoms with E-state index in [-0.39, 0.29) is 0 Å². The van der Waals surface area contributed by atoms with Crippen molar-refractivity contribution in [2.45, 2.75) is 77.2 Å². The lowest BCUT2D eigenvalue weighted by Crippen LogP contribution is -2.21. The molecule has 0 aromatic carbocycles. The molecule has 1 fully saturated rings. The molecule has 0 bridgehead atoms. The molecule has 0 N–H and O–H groups in total. The lowest BCUT2D eigenvalue weighted by Gasteiger charge is -2.24. The van der Waals surface area contributed by atoms with Gasteiger partial charge in [-0.1, -0.05) is 39.0 Å². The summed E-state index contributed by atoms with van der Waals surface area (Å²) in [5, 5.41) is 8.80. The molecule has 1 saturated carbocycles. The van der Waals surface area contributed by atoms with E-state index in [1.54, 1.807) is 0 Å². The quantitative estimate of drug-likeness (QED) is 0.584. The van der Waals surface area contributed by atoms with Gasteiger partial charge >= 0.3 is 0 Å². The van der Waals surface area contributed by atoms with Crippen molar-refractivity contribution in [3.8, 4) is 6.07 Å². The Morgan fingerprint density at radius 3 is 2.29 bits per heavy atom. The highest BCUT2D eigenvalue weighted by molar-refractivity contribution is 4.87.